The van der Waals surface area contributed by atoms with Crippen LogP contribution < -0.4 is 4.74 Å². The zero-order valence-electron chi connectivity index (χ0n) is 9.61. The molecule has 86 valence electrons. The molecule has 2 aromatic carbocycles. The van der Waals surface area contributed by atoms with Crippen LogP contribution in [0.2, 0.25) is 0 Å². The van der Waals surface area contributed by atoms with Crippen LogP contribution in [0.15, 0.2) is 49.0 Å². The minimum atomic E-state index is -0.293. The molecule has 0 saturated carbocycles. The van der Waals surface area contributed by atoms with Gasteiger partial charge in [-0.1, -0.05) is 36.9 Å². The third-order valence-corrected chi connectivity index (χ3v) is 2.65. The fraction of sp³-hybridized carbons (Fsp3) is 0.0667. The molecular weight excluding hydrogens is 215 g/mol. The summed E-state index contributed by atoms with van der Waals surface area (Å²) in [4.78, 5) is 0. The van der Waals surface area contributed by atoms with Crippen LogP contribution in [0.4, 0.5) is 4.39 Å². The van der Waals surface area contributed by atoms with Crippen molar-refractivity contribution in [1.82, 2.24) is 0 Å². The second-order valence-electron chi connectivity index (χ2n) is 3.64. The molecule has 0 amide bonds. The Kier molecular flexibility index (Phi) is 3.24. The Morgan fingerprint density at radius 3 is 2.53 bits per heavy atom. The van der Waals surface area contributed by atoms with E-state index in [0.717, 1.165) is 11.1 Å². The van der Waals surface area contributed by atoms with Gasteiger partial charge in [-0.15, -0.1) is 0 Å². The topological polar surface area (TPSA) is 9.23 Å². The highest BCUT2D eigenvalue weighted by atomic mass is 19.1. The average molecular weight is 228 g/mol. The van der Waals surface area contributed by atoms with Crippen molar-refractivity contribution in [2.24, 2.45) is 0 Å². The molecule has 17 heavy (non-hydrogen) atoms. The van der Waals surface area contributed by atoms with Gasteiger partial charge in [0.15, 0.2) is 0 Å². The molecule has 0 aliphatic rings. The summed E-state index contributed by atoms with van der Waals surface area (Å²) >= 11 is 0. The van der Waals surface area contributed by atoms with Gasteiger partial charge in [0.25, 0.3) is 0 Å². The minimum absolute atomic E-state index is 0.293. The summed E-state index contributed by atoms with van der Waals surface area (Å²) in [6, 6.07) is 12.4. The van der Waals surface area contributed by atoms with E-state index in [0.29, 0.717) is 11.3 Å². The van der Waals surface area contributed by atoms with Gasteiger partial charge < -0.3 is 4.74 Å². The van der Waals surface area contributed by atoms with Crippen LogP contribution in [0.25, 0.3) is 17.2 Å². The van der Waals surface area contributed by atoms with Crippen molar-refractivity contribution in [3.8, 4) is 16.9 Å². The SMILES string of the molecule is C=Cc1ccccc1-c1ccc(OC)cc1F. The van der Waals surface area contributed by atoms with Crippen molar-refractivity contribution in [3.63, 3.8) is 0 Å². The van der Waals surface area contributed by atoms with Crippen molar-refractivity contribution in [3.05, 3.63) is 60.4 Å². The molecular formula is C15H13FO. The molecule has 1 nitrogen and oxygen atoms in total. The van der Waals surface area contributed by atoms with Crippen molar-refractivity contribution >= 4 is 6.08 Å². The smallest absolute Gasteiger partial charge is 0.134 e. The molecule has 0 saturated heterocycles. The van der Waals surface area contributed by atoms with E-state index in [-0.39, 0.29) is 5.82 Å². The quantitative estimate of drug-likeness (QED) is 0.767. The molecule has 0 aromatic heterocycles. The van der Waals surface area contributed by atoms with E-state index in [4.69, 9.17) is 4.74 Å². The third-order valence-electron chi connectivity index (χ3n) is 2.65. The summed E-state index contributed by atoms with van der Waals surface area (Å²) in [5, 5.41) is 0. The molecule has 0 aliphatic carbocycles. The van der Waals surface area contributed by atoms with E-state index in [1.165, 1.54) is 13.2 Å². The van der Waals surface area contributed by atoms with Gasteiger partial charge in [-0.3, -0.25) is 0 Å². The minimum Gasteiger partial charge on any atom is -0.497 e. The average Bonchev–Trinajstić information content (AvgIpc) is 2.38. The van der Waals surface area contributed by atoms with Crippen LogP contribution in [-0.2, 0) is 0 Å². The number of hydrogen-bond donors (Lipinski definition) is 0. The van der Waals surface area contributed by atoms with Gasteiger partial charge in [0.1, 0.15) is 11.6 Å². The van der Waals surface area contributed by atoms with E-state index in [2.05, 4.69) is 6.58 Å². The van der Waals surface area contributed by atoms with Crippen LogP contribution in [0.5, 0.6) is 5.75 Å². The first kappa shape index (κ1) is 11.4. The fourth-order valence-corrected chi connectivity index (χ4v) is 1.76. The maximum Gasteiger partial charge on any atom is 0.134 e. The number of benzene rings is 2. The van der Waals surface area contributed by atoms with Gasteiger partial charge in [-0.2, -0.15) is 0 Å². The zero-order valence-corrected chi connectivity index (χ0v) is 9.61. The summed E-state index contributed by atoms with van der Waals surface area (Å²) in [5.41, 5.74) is 2.31. The number of rotatable bonds is 3. The number of methoxy groups -OCH3 is 1. The molecule has 0 bridgehead atoms. The lowest BCUT2D eigenvalue weighted by atomic mass is 9.99. The Labute approximate surface area is 100 Å². The van der Waals surface area contributed by atoms with Gasteiger partial charge in [0.2, 0.25) is 0 Å². The molecule has 0 aliphatic heterocycles. The first-order valence-corrected chi connectivity index (χ1v) is 5.31. The Balaban J connectivity index is 2.56. The molecule has 0 radical (unpaired) electrons. The summed E-state index contributed by atoms with van der Waals surface area (Å²) in [7, 11) is 1.52. The summed E-state index contributed by atoms with van der Waals surface area (Å²) in [6.07, 6.45) is 1.72. The Hall–Kier alpha value is -2.09. The maximum absolute atomic E-state index is 13.9. The molecule has 0 unspecified atom stereocenters. The summed E-state index contributed by atoms with van der Waals surface area (Å²) in [5.74, 6) is 0.223. The second kappa shape index (κ2) is 4.83. The van der Waals surface area contributed by atoms with Gasteiger partial charge in [0.05, 0.1) is 7.11 Å². The van der Waals surface area contributed by atoms with Crippen molar-refractivity contribution in [2.75, 3.05) is 7.11 Å². The predicted octanol–water partition coefficient (Wildman–Crippen LogP) is 4.14. The highest BCUT2D eigenvalue weighted by Crippen LogP contribution is 2.29. The van der Waals surface area contributed by atoms with Gasteiger partial charge >= 0.3 is 0 Å². The molecule has 0 N–H and O–H groups in total. The maximum atomic E-state index is 13.9. The lowest BCUT2D eigenvalue weighted by molar-refractivity contribution is 0.411. The normalized spacial score (nSPS) is 10.0. The third kappa shape index (κ3) is 2.21. The van der Waals surface area contributed by atoms with E-state index in [9.17, 15) is 4.39 Å². The molecule has 0 fully saturated rings. The predicted molar refractivity (Wildman–Crippen MR) is 68.5 cm³/mol. The van der Waals surface area contributed by atoms with Crippen molar-refractivity contribution in [2.45, 2.75) is 0 Å². The molecule has 0 spiro atoms. The molecule has 2 heteroatoms. The van der Waals surface area contributed by atoms with Crippen LogP contribution in [-0.4, -0.2) is 7.11 Å². The fourth-order valence-electron chi connectivity index (χ4n) is 1.76. The van der Waals surface area contributed by atoms with Crippen LogP contribution in [0.3, 0.4) is 0 Å². The van der Waals surface area contributed by atoms with Crippen LogP contribution in [0.1, 0.15) is 5.56 Å². The molecule has 2 aromatic rings. The van der Waals surface area contributed by atoms with E-state index >= 15 is 0 Å². The molecule has 2 rings (SSSR count). The highest BCUT2D eigenvalue weighted by Gasteiger charge is 2.08. The lowest BCUT2D eigenvalue weighted by Gasteiger charge is -2.08. The van der Waals surface area contributed by atoms with E-state index in [1.807, 2.05) is 24.3 Å². The van der Waals surface area contributed by atoms with Crippen LogP contribution >= 0.6 is 0 Å². The van der Waals surface area contributed by atoms with Gasteiger partial charge in [-0.05, 0) is 23.3 Å². The Bertz CT molecular complexity index is 546. The summed E-state index contributed by atoms with van der Waals surface area (Å²) in [6.45, 7) is 3.73. The Morgan fingerprint density at radius 2 is 1.88 bits per heavy atom. The van der Waals surface area contributed by atoms with Gasteiger partial charge in [-0.25, -0.2) is 4.39 Å². The van der Waals surface area contributed by atoms with Crippen LogP contribution in [0, 0.1) is 5.82 Å². The van der Waals surface area contributed by atoms with Crippen molar-refractivity contribution in [1.29, 1.82) is 0 Å². The van der Waals surface area contributed by atoms with E-state index < -0.39 is 0 Å². The molecule has 0 heterocycles. The first-order valence-electron chi connectivity index (χ1n) is 5.31. The number of halogens is 1. The standard InChI is InChI=1S/C15H13FO/c1-3-11-6-4-5-7-13(11)14-9-8-12(17-2)10-15(14)16/h3-10H,1H2,2H3. The largest absolute Gasteiger partial charge is 0.497 e. The first-order chi connectivity index (χ1) is 8.26. The van der Waals surface area contributed by atoms with Crippen molar-refractivity contribution < 1.29 is 9.13 Å². The Morgan fingerprint density at radius 1 is 1.12 bits per heavy atom. The monoisotopic (exact) mass is 228 g/mol. The van der Waals surface area contributed by atoms with E-state index in [1.54, 1.807) is 18.2 Å². The zero-order chi connectivity index (χ0) is 12.3. The highest BCUT2D eigenvalue weighted by molar-refractivity contribution is 5.75. The molecule has 0 atom stereocenters. The second-order valence-corrected chi connectivity index (χ2v) is 3.64. The summed E-state index contributed by atoms with van der Waals surface area (Å²) < 4.78 is 18.9. The van der Waals surface area contributed by atoms with Gasteiger partial charge in [0, 0.05) is 11.6 Å². The lowest BCUT2D eigenvalue weighted by Crippen LogP contribution is -1.89. The number of ether oxygens (including phenoxy) is 1. The number of hydrogen-bond acceptors (Lipinski definition) is 1.